The molecular weight excluding hydrogens is 322 g/mol. The topological polar surface area (TPSA) is 70.2 Å². The number of hydrogen-bond donors (Lipinski definition) is 0. The SMILES string of the molecule is CN(CCCOc1ccc(Cl)cc1)CN1C(=O)C(=O)N(C)C1=O. The molecule has 1 aliphatic heterocycles. The van der Waals surface area contributed by atoms with Crippen molar-refractivity contribution in [2.75, 3.05) is 33.9 Å². The molecule has 0 aromatic heterocycles. The van der Waals surface area contributed by atoms with Gasteiger partial charge in [-0.1, -0.05) is 11.6 Å². The molecule has 0 spiro atoms. The molecule has 124 valence electrons. The van der Waals surface area contributed by atoms with Crippen molar-refractivity contribution in [2.24, 2.45) is 0 Å². The van der Waals surface area contributed by atoms with E-state index in [9.17, 15) is 14.4 Å². The Kier molecular flexibility index (Phi) is 5.57. The van der Waals surface area contributed by atoms with Gasteiger partial charge in [0.25, 0.3) is 0 Å². The number of likely N-dealkylation sites (N-methyl/N-ethyl adjacent to an activating group) is 1. The summed E-state index contributed by atoms with van der Waals surface area (Å²) in [6.07, 6.45) is 0.707. The standard InChI is InChI=1S/C15H18ClN3O4/c1-17(10-19-14(21)13(20)18(2)15(19)22)8-3-9-23-12-6-4-11(16)5-7-12/h4-7H,3,8-10H2,1-2H3. The predicted molar refractivity (Wildman–Crippen MR) is 84.1 cm³/mol. The zero-order valence-corrected chi connectivity index (χ0v) is 13.7. The van der Waals surface area contributed by atoms with Crippen LogP contribution in [0.2, 0.25) is 5.02 Å². The number of amides is 4. The summed E-state index contributed by atoms with van der Waals surface area (Å²) in [6.45, 7) is 1.18. The molecule has 8 heteroatoms. The van der Waals surface area contributed by atoms with E-state index in [4.69, 9.17) is 16.3 Å². The van der Waals surface area contributed by atoms with Crippen molar-refractivity contribution in [3.8, 4) is 5.75 Å². The average Bonchev–Trinajstić information content (AvgIpc) is 2.71. The maximum atomic E-state index is 11.8. The Bertz CT molecular complexity index is 605. The first kappa shape index (κ1) is 17.2. The minimum atomic E-state index is -0.797. The first-order valence-electron chi connectivity index (χ1n) is 7.10. The molecule has 0 unspecified atom stereocenters. The summed E-state index contributed by atoms with van der Waals surface area (Å²) in [5, 5.41) is 0.650. The second kappa shape index (κ2) is 7.43. The monoisotopic (exact) mass is 339 g/mol. The summed E-state index contributed by atoms with van der Waals surface area (Å²) in [5.74, 6) is -0.856. The van der Waals surface area contributed by atoms with Crippen molar-refractivity contribution in [3.63, 3.8) is 0 Å². The number of carbonyl (C=O) groups is 3. The summed E-state index contributed by atoms with van der Waals surface area (Å²) in [6, 6.07) is 6.48. The number of rotatable bonds is 7. The number of ether oxygens (including phenoxy) is 1. The third kappa shape index (κ3) is 4.20. The third-order valence-corrected chi connectivity index (χ3v) is 3.65. The number of imide groups is 2. The van der Waals surface area contributed by atoms with Gasteiger partial charge in [-0.2, -0.15) is 0 Å². The quantitative estimate of drug-likeness (QED) is 0.427. The van der Waals surface area contributed by atoms with Crippen molar-refractivity contribution >= 4 is 29.4 Å². The molecule has 1 fully saturated rings. The minimum Gasteiger partial charge on any atom is -0.494 e. The molecule has 0 saturated carbocycles. The number of urea groups is 1. The van der Waals surface area contributed by atoms with E-state index >= 15 is 0 Å². The van der Waals surface area contributed by atoms with Crippen molar-refractivity contribution in [1.82, 2.24) is 14.7 Å². The molecule has 0 bridgehead atoms. The Hall–Kier alpha value is -2.12. The molecule has 0 radical (unpaired) electrons. The molecule has 0 aliphatic carbocycles. The lowest BCUT2D eigenvalue weighted by Crippen LogP contribution is -2.40. The highest BCUT2D eigenvalue weighted by molar-refractivity contribution is 6.44. The van der Waals surface area contributed by atoms with E-state index in [0.29, 0.717) is 24.6 Å². The highest BCUT2D eigenvalue weighted by Crippen LogP contribution is 2.15. The second-order valence-corrected chi connectivity index (χ2v) is 5.69. The molecular formula is C15H18ClN3O4. The average molecular weight is 340 g/mol. The van der Waals surface area contributed by atoms with Crippen LogP contribution < -0.4 is 4.74 Å². The highest BCUT2D eigenvalue weighted by atomic mass is 35.5. The lowest BCUT2D eigenvalue weighted by molar-refractivity contribution is -0.143. The molecule has 7 nitrogen and oxygen atoms in total. The fraction of sp³-hybridized carbons (Fsp3) is 0.400. The Morgan fingerprint density at radius 1 is 1.13 bits per heavy atom. The van der Waals surface area contributed by atoms with Gasteiger partial charge < -0.3 is 4.74 Å². The molecule has 23 heavy (non-hydrogen) atoms. The van der Waals surface area contributed by atoms with Gasteiger partial charge in [0, 0.05) is 18.6 Å². The van der Waals surface area contributed by atoms with Gasteiger partial charge in [0.2, 0.25) is 0 Å². The van der Waals surface area contributed by atoms with E-state index in [1.807, 2.05) is 0 Å². The van der Waals surface area contributed by atoms with E-state index in [2.05, 4.69) is 0 Å². The van der Waals surface area contributed by atoms with Gasteiger partial charge in [-0.15, -0.1) is 0 Å². The van der Waals surface area contributed by atoms with E-state index < -0.39 is 17.8 Å². The number of hydrogen-bond acceptors (Lipinski definition) is 5. The van der Waals surface area contributed by atoms with Gasteiger partial charge in [-0.3, -0.25) is 19.4 Å². The fourth-order valence-electron chi connectivity index (χ4n) is 2.11. The molecule has 1 aromatic carbocycles. The van der Waals surface area contributed by atoms with E-state index in [0.717, 1.165) is 15.5 Å². The van der Waals surface area contributed by atoms with Crippen LogP contribution in [0.5, 0.6) is 5.75 Å². The second-order valence-electron chi connectivity index (χ2n) is 5.26. The Balaban J connectivity index is 1.72. The summed E-state index contributed by atoms with van der Waals surface area (Å²) in [7, 11) is 3.06. The van der Waals surface area contributed by atoms with Crippen LogP contribution in [0.1, 0.15) is 6.42 Å². The van der Waals surface area contributed by atoms with Gasteiger partial charge in [0.1, 0.15) is 5.75 Å². The van der Waals surface area contributed by atoms with Crippen molar-refractivity contribution in [2.45, 2.75) is 6.42 Å². The lowest BCUT2D eigenvalue weighted by Gasteiger charge is -2.21. The fourth-order valence-corrected chi connectivity index (χ4v) is 2.23. The Labute approximate surface area is 139 Å². The minimum absolute atomic E-state index is 0.0781. The molecule has 1 heterocycles. The molecule has 1 aromatic rings. The molecule has 4 amide bonds. The summed E-state index contributed by atoms with van der Waals surface area (Å²) in [4.78, 5) is 38.4. The first-order valence-corrected chi connectivity index (χ1v) is 7.48. The summed E-state index contributed by atoms with van der Waals surface area (Å²) >= 11 is 5.79. The number of carbonyl (C=O) groups excluding carboxylic acids is 3. The van der Waals surface area contributed by atoms with Gasteiger partial charge in [-0.25, -0.2) is 9.69 Å². The largest absolute Gasteiger partial charge is 0.494 e. The molecule has 2 rings (SSSR count). The van der Waals surface area contributed by atoms with Crippen LogP contribution in [0.15, 0.2) is 24.3 Å². The van der Waals surface area contributed by atoms with Gasteiger partial charge in [-0.05, 0) is 37.7 Å². The summed E-state index contributed by atoms with van der Waals surface area (Å²) < 4.78 is 5.56. The van der Waals surface area contributed by atoms with Crippen molar-refractivity contribution in [3.05, 3.63) is 29.3 Å². The van der Waals surface area contributed by atoms with E-state index in [1.165, 1.54) is 7.05 Å². The predicted octanol–water partition coefficient (Wildman–Crippen LogP) is 1.42. The van der Waals surface area contributed by atoms with Crippen molar-refractivity contribution in [1.29, 1.82) is 0 Å². The molecule has 1 aliphatic rings. The molecule has 0 atom stereocenters. The number of halogens is 1. The van der Waals surface area contributed by atoms with E-state index in [1.54, 1.807) is 36.2 Å². The van der Waals surface area contributed by atoms with Crippen LogP contribution in [0.4, 0.5) is 4.79 Å². The van der Waals surface area contributed by atoms with Crippen LogP contribution in [0, 0.1) is 0 Å². The number of nitrogens with zero attached hydrogens (tertiary/aromatic N) is 3. The van der Waals surface area contributed by atoms with Gasteiger partial charge in [0.15, 0.2) is 0 Å². The normalized spacial score (nSPS) is 15.0. The zero-order chi connectivity index (χ0) is 17.0. The molecule has 1 saturated heterocycles. The maximum Gasteiger partial charge on any atom is 0.335 e. The van der Waals surface area contributed by atoms with Crippen LogP contribution in [0.25, 0.3) is 0 Å². The van der Waals surface area contributed by atoms with Gasteiger partial charge in [0.05, 0.1) is 13.3 Å². The molecule has 0 N–H and O–H groups in total. The van der Waals surface area contributed by atoms with Gasteiger partial charge >= 0.3 is 17.8 Å². The van der Waals surface area contributed by atoms with Crippen LogP contribution in [0.3, 0.4) is 0 Å². The maximum absolute atomic E-state index is 11.8. The Morgan fingerprint density at radius 3 is 2.35 bits per heavy atom. The Morgan fingerprint density at radius 2 is 1.78 bits per heavy atom. The first-order chi connectivity index (χ1) is 10.9. The van der Waals surface area contributed by atoms with E-state index in [-0.39, 0.29) is 6.67 Å². The smallest absolute Gasteiger partial charge is 0.335 e. The highest BCUT2D eigenvalue weighted by Gasteiger charge is 2.42. The van der Waals surface area contributed by atoms with Crippen LogP contribution in [-0.2, 0) is 9.59 Å². The van der Waals surface area contributed by atoms with Crippen molar-refractivity contribution < 1.29 is 19.1 Å². The zero-order valence-electron chi connectivity index (χ0n) is 13.0. The lowest BCUT2D eigenvalue weighted by atomic mass is 10.3. The van der Waals surface area contributed by atoms with Crippen LogP contribution >= 0.6 is 11.6 Å². The number of benzene rings is 1. The third-order valence-electron chi connectivity index (χ3n) is 3.40. The summed E-state index contributed by atoms with van der Waals surface area (Å²) in [5.41, 5.74) is 0. The van der Waals surface area contributed by atoms with Crippen LogP contribution in [-0.4, -0.2) is 66.5 Å².